The monoisotopic (exact) mass is 339 g/mol. The van der Waals surface area contributed by atoms with Crippen LogP contribution in [0.4, 0.5) is 5.82 Å². The first kappa shape index (κ1) is 15.4. The first-order chi connectivity index (χ1) is 11.7. The van der Waals surface area contributed by atoms with Gasteiger partial charge in [-0.25, -0.2) is 14.6 Å². The number of rotatable bonds is 3. The Morgan fingerprint density at radius 1 is 1.17 bits per heavy atom. The van der Waals surface area contributed by atoms with Gasteiger partial charge in [-0.1, -0.05) is 48.7 Å². The van der Waals surface area contributed by atoms with Crippen LogP contribution in [0.3, 0.4) is 0 Å². The highest BCUT2D eigenvalue weighted by atomic mass is 32.2. The molecule has 124 valence electrons. The van der Waals surface area contributed by atoms with E-state index in [1.165, 1.54) is 24.8 Å². The molecule has 0 unspecified atom stereocenters. The van der Waals surface area contributed by atoms with Gasteiger partial charge >= 0.3 is 0 Å². The van der Waals surface area contributed by atoms with Crippen molar-refractivity contribution in [2.45, 2.75) is 55.0 Å². The van der Waals surface area contributed by atoms with Gasteiger partial charge in [-0.3, -0.25) is 0 Å². The third-order valence-electron chi connectivity index (χ3n) is 4.61. The van der Waals surface area contributed by atoms with Crippen molar-refractivity contribution >= 4 is 28.6 Å². The number of anilines is 1. The van der Waals surface area contributed by atoms with Crippen LogP contribution in [-0.2, 0) is 0 Å². The summed E-state index contributed by atoms with van der Waals surface area (Å²) in [7, 11) is 0. The van der Waals surface area contributed by atoms with Gasteiger partial charge < -0.3 is 5.73 Å². The molecule has 6 heteroatoms. The highest BCUT2D eigenvalue weighted by molar-refractivity contribution is 7.99. The van der Waals surface area contributed by atoms with Gasteiger partial charge in [0.2, 0.25) is 0 Å². The lowest BCUT2D eigenvalue weighted by molar-refractivity contribution is 0.332. The number of aromatic nitrogens is 4. The van der Waals surface area contributed by atoms with Gasteiger partial charge in [0.15, 0.2) is 5.65 Å². The van der Waals surface area contributed by atoms with Crippen LogP contribution >= 0.6 is 11.8 Å². The van der Waals surface area contributed by atoms with Crippen molar-refractivity contribution in [3.05, 3.63) is 36.2 Å². The van der Waals surface area contributed by atoms with Gasteiger partial charge in [-0.2, -0.15) is 5.10 Å². The lowest BCUT2D eigenvalue weighted by atomic mass is 9.96. The van der Waals surface area contributed by atoms with Crippen LogP contribution in [0.1, 0.15) is 43.7 Å². The van der Waals surface area contributed by atoms with Crippen molar-refractivity contribution in [2.75, 3.05) is 5.73 Å². The van der Waals surface area contributed by atoms with E-state index in [1.807, 2.05) is 0 Å². The fraction of sp³-hybridized carbons (Fsp3) is 0.389. The molecule has 1 aromatic carbocycles. The van der Waals surface area contributed by atoms with Crippen molar-refractivity contribution in [3.8, 4) is 0 Å². The van der Waals surface area contributed by atoms with E-state index < -0.39 is 0 Å². The van der Waals surface area contributed by atoms with Crippen LogP contribution in [0, 0.1) is 6.92 Å². The molecular weight excluding hydrogens is 318 g/mol. The summed E-state index contributed by atoms with van der Waals surface area (Å²) in [4.78, 5) is 9.84. The van der Waals surface area contributed by atoms with Crippen molar-refractivity contribution in [1.29, 1.82) is 0 Å². The number of nitrogens with zero attached hydrogens (tertiary/aromatic N) is 4. The van der Waals surface area contributed by atoms with Gasteiger partial charge in [-0.15, -0.1) is 0 Å². The molecule has 2 aromatic heterocycles. The zero-order chi connectivity index (χ0) is 16.5. The Bertz CT molecular complexity index is 867. The van der Waals surface area contributed by atoms with Gasteiger partial charge in [0.25, 0.3) is 0 Å². The van der Waals surface area contributed by atoms with Crippen molar-refractivity contribution in [1.82, 2.24) is 19.7 Å². The zero-order valence-corrected chi connectivity index (χ0v) is 14.6. The number of nitrogen functional groups attached to an aromatic ring is 1. The maximum absolute atomic E-state index is 6.17. The number of benzene rings is 1. The second-order valence-corrected chi connectivity index (χ2v) is 7.48. The van der Waals surface area contributed by atoms with E-state index in [0.717, 1.165) is 33.8 Å². The highest BCUT2D eigenvalue weighted by Gasteiger charge is 2.23. The summed E-state index contributed by atoms with van der Waals surface area (Å²) in [6.07, 6.45) is 7.70. The molecule has 1 aliphatic carbocycles. The smallest absolute Gasteiger partial charge is 0.164 e. The van der Waals surface area contributed by atoms with Crippen LogP contribution < -0.4 is 5.73 Å². The van der Waals surface area contributed by atoms with Crippen LogP contribution in [0.2, 0.25) is 0 Å². The van der Waals surface area contributed by atoms with Crippen LogP contribution in [-0.4, -0.2) is 19.7 Å². The summed E-state index contributed by atoms with van der Waals surface area (Å²) in [6, 6.07) is 8.85. The third-order valence-corrected chi connectivity index (χ3v) is 5.58. The summed E-state index contributed by atoms with van der Waals surface area (Å²) < 4.78 is 2.09. The second-order valence-electron chi connectivity index (χ2n) is 6.42. The quantitative estimate of drug-likeness (QED) is 0.767. The topological polar surface area (TPSA) is 69.6 Å². The molecule has 0 saturated heterocycles. The molecule has 0 spiro atoms. The van der Waals surface area contributed by atoms with Gasteiger partial charge in [0.1, 0.15) is 17.2 Å². The summed E-state index contributed by atoms with van der Waals surface area (Å²) in [5.41, 5.74) is 8.27. The number of nitrogens with two attached hydrogens (primary N) is 1. The average Bonchev–Trinajstić information content (AvgIpc) is 2.96. The summed E-state index contributed by atoms with van der Waals surface area (Å²) in [5.74, 6) is 0.511. The Morgan fingerprint density at radius 2 is 2.00 bits per heavy atom. The molecule has 1 aliphatic rings. The molecule has 0 aliphatic heterocycles. The van der Waals surface area contributed by atoms with Gasteiger partial charge in [0, 0.05) is 4.90 Å². The van der Waals surface area contributed by atoms with Crippen LogP contribution in [0.25, 0.3) is 11.0 Å². The standard InChI is InChI=1S/C18H21N5S/c1-12-6-5-9-14(10-12)24-18-15-16(19)20-11-21-17(15)23(22-18)13-7-3-2-4-8-13/h5-6,9-11,13H,2-4,7-8H2,1H3,(H2,19,20,21). The van der Waals surface area contributed by atoms with Crippen LogP contribution in [0.5, 0.6) is 0 Å². The maximum Gasteiger partial charge on any atom is 0.164 e. The number of hydrogen-bond donors (Lipinski definition) is 1. The summed E-state index contributed by atoms with van der Waals surface area (Å²) >= 11 is 1.64. The lowest BCUT2D eigenvalue weighted by Gasteiger charge is -2.22. The first-order valence-corrected chi connectivity index (χ1v) is 9.27. The molecule has 4 rings (SSSR count). The maximum atomic E-state index is 6.17. The first-order valence-electron chi connectivity index (χ1n) is 8.45. The minimum absolute atomic E-state index is 0.419. The highest BCUT2D eigenvalue weighted by Crippen LogP contribution is 2.38. The SMILES string of the molecule is Cc1cccc(Sc2nn(C3CCCCC3)c3ncnc(N)c23)c1. The molecule has 0 radical (unpaired) electrons. The largest absolute Gasteiger partial charge is 0.383 e. The molecule has 0 amide bonds. The molecule has 1 saturated carbocycles. The summed E-state index contributed by atoms with van der Waals surface area (Å²) in [5, 5.41) is 6.68. The zero-order valence-electron chi connectivity index (χ0n) is 13.8. The van der Waals surface area contributed by atoms with Crippen LogP contribution in [0.15, 0.2) is 40.5 Å². The summed E-state index contributed by atoms with van der Waals surface area (Å²) in [6.45, 7) is 2.10. The molecule has 5 nitrogen and oxygen atoms in total. The molecule has 24 heavy (non-hydrogen) atoms. The van der Waals surface area contributed by atoms with Crippen molar-refractivity contribution in [2.24, 2.45) is 0 Å². The normalized spacial score (nSPS) is 15.9. The molecule has 1 fully saturated rings. The molecule has 0 atom stereocenters. The fourth-order valence-corrected chi connectivity index (χ4v) is 4.45. The lowest BCUT2D eigenvalue weighted by Crippen LogP contribution is -2.14. The Kier molecular flexibility index (Phi) is 4.14. The van der Waals surface area contributed by atoms with E-state index in [9.17, 15) is 0 Å². The Labute approximate surface area is 145 Å². The Balaban J connectivity index is 1.79. The van der Waals surface area contributed by atoms with E-state index in [0.29, 0.717) is 11.9 Å². The predicted molar refractivity (Wildman–Crippen MR) is 97.2 cm³/mol. The number of fused-ring (bicyclic) bond motifs is 1. The minimum Gasteiger partial charge on any atom is -0.383 e. The van der Waals surface area contributed by atoms with E-state index in [-0.39, 0.29) is 0 Å². The average molecular weight is 339 g/mol. The van der Waals surface area contributed by atoms with E-state index in [4.69, 9.17) is 10.8 Å². The Morgan fingerprint density at radius 3 is 2.79 bits per heavy atom. The molecule has 2 N–H and O–H groups in total. The fourth-order valence-electron chi connectivity index (χ4n) is 3.41. The van der Waals surface area contributed by atoms with E-state index in [2.05, 4.69) is 45.8 Å². The van der Waals surface area contributed by atoms with E-state index in [1.54, 1.807) is 18.1 Å². The van der Waals surface area contributed by atoms with E-state index >= 15 is 0 Å². The van der Waals surface area contributed by atoms with Crippen molar-refractivity contribution < 1.29 is 0 Å². The number of aryl methyl sites for hydroxylation is 1. The van der Waals surface area contributed by atoms with Crippen molar-refractivity contribution in [3.63, 3.8) is 0 Å². The predicted octanol–water partition coefficient (Wildman–Crippen LogP) is 4.37. The second kappa shape index (κ2) is 6.43. The Hall–Kier alpha value is -2.08. The molecule has 0 bridgehead atoms. The minimum atomic E-state index is 0.419. The third kappa shape index (κ3) is 2.86. The van der Waals surface area contributed by atoms with Gasteiger partial charge in [0.05, 0.1) is 11.4 Å². The number of hydrogen-bond acceptors (Lipinski definition) is 5. The molecule has 2 heterocycles. The van der Waals surface area contributed by atoms with Gasteiger partial charge in [-0.05, 0) is 31.9 Å². The molecular formula is C18H21N5S. The molecule has 3 aromatic rings.